The summed E-state index contributed by atoms with van der Waals surface area (Å²) in [6, 6.07) is 7.75. The maximum atomic E-state index is 13.2. The van der Waals surface area contributed by atoms with Crippen LogP contribution < -0.4 is 5.56 Å². The minimum atomic E-state index is -0.237. The van der Waals surface area contributed by atoms with Gasteiger partial charge in [-0.3, -0.25) is 14.2 Å². The molecule has 1 unspecified atom stereocenters. The van der Waals surface area contributed by atoms with Crippen LogP contribution in [-0.4, -0.2) is 38.7 Å². The topological polar surface area (TPSA) is 55.2 Å². The standard InChI is InChI=1S/C22H29N3O2S/c1-16(20(26)24-14-8-2-3-9-15-24)28-22-23-19-13-7-6-12-18(19)21(27)25(22)17-10-4-5-11-17/h6-7,12-13,16-17H,2-5,8-11,14-15H2,1H3. The predicted octanol–water partition coefficient (Wildman–Crippen LogP) is 4.39. The van der Waals surface area contributed by atoms with Gasteiger partial charge in [0.05, 0.1) is 16.2 Å². The van der Waals surface area contributed by atoms with Crippen molar-refractivity contribution in [1.82, 2.24) is 14.5 Å². The van der Waals surface area contributed by atoms with Crippen LogP contribution in [0.5, 0.6) is 0 Å². The fraction of sp³-hybridized carbons (Fsp3) is 0.591. The third kappa shape index (κ3) is 3.97. The molecule has 2 fully saturated rings. The zero-order valence-corrected chi connectivity index (χ0v) is 17.4. The molecular weight excluding hydrogens is 370 g/mol. The van der Waals surface area contributed by atoms with Crippen LogP contribution in [0.4, 0.5) is 0 Å². The van der Waals surface area contributed by atoms with Crippen LogP contribution in [0.25, 0.3) is 10.9 Å². The number of rotatable bonds is 4. The molecule has 0 bridgehead atoms. The second-order valence-corrected chi connectivity index (χ2v) is 9.33. The molecule has 0 N–H and O–H groups in total. The third-order valence-corrected chi connectivity index (χ3v) is 7.07. The summed E-state index contributed by atoms with van der Waals surface area (Å²) in [6.07, 6.45) is 8.92. The summed E-state index contributed by atoms with van der Waals surface area (Å²) in [5.41, 5.74) is 0.757. The van der Waals surface area contributed by atoms with E-state index in [4.69, 9.17) is 4.98 Å². The van der Waals surface area contributed by atoms with Gasteiger partial charge in [0, 0.05) is 19.1 Å². The van der Waals surface area contributed by atoms with Gasteiger partial charge in [-0.2, -0.15) is 0 Å². The molecule has 1 aliphatic heterocycles. The van der Waals surface area contributed by atoms with Crippen LogP contribution in [0.3, 0.4) is 0 Å². The lowest BCUT2D eigenvalue weighted by Crippen LogP contribution is -2.37. The molecule has 1 saturated heterocycles. The number of thioether (sulfide) groups is 1. The van der Waals surface area contributed by atoms with Gasteiger partial charge in [0.25, 0.3) is 5.56 Å². The number of hydrogen-bond donors (Lipinski definition) is 0. The van der Waals surface area contributed by atoms with Crippen LogP contribution in [-0.2, 0) is 4.79 Å². The van der Waals surface area contributed by atoms with Crippen LogP contribution in [0.1, 0.15) is 64.3 Å². The van der Waals surface area contributed by atoms with E-state index in [9.17, 15) is 9.59 Å². The highest BCUT2D eigenvalue weighted by atomic mass is 32.2. The normalized spacial score (nSPS) is 19.7. The van der Waals surface area contributed by atoms with Crippen LogP contribution in [0.15, 0.2) is 34.2 Å². The highest BCUT2D eigenvalue weighted by molar-refractivity contribution is 8.00. The Morgan fingerprint density at radius 2 is 1.75 bits per heavy atom. The van der Waals surface area contributed by atoms with Crippen LogP contribution in [0.2, 0.25) is 0 Å². The Balaban J connectivity index is 1.65. The number of amides is 1. The SMILES string of the molecule is CC(Sc1nc2ccccc2c(=O)n1C1CCCC1)C(=O)N1CCCCCC1. The highest BCUT2D eigenvalue weighted by Gasteiger charge is 2.27. The first-order valence-corrected chi connectivity index (χ1v) is 11.5. The fourth-order valence-electron chi connectivity index (χ4n) is 4.45. The minimum absolute atomic E-state index is 0.0365. The fourth-order valence-corrected chi connectivity index (χ4v) is 5.51. The number of aromatic nitrogens is 2. The summed E-state index contributed by atoms with van der Waals surface area (Å²) in [5, 5.41) is 1.13. The van der Waals surface area contributed by atoms with E-state index >= 15 is 0 Å². The first kappa shape index (κ1) is 19.5. The molecule has 1 aliphatic carbocycles. The van der Waals surface area contributed by atoms with Gasteiger partial charge in [-0.05, 0) is 44.7 Å². The van der Waals surface area contributed by atoms with E-state index < -0.39 is 0 Å². The molecule has 2 heterocycles. The first-order chi connectivity index (χ1) is 13.6. The number of para-hydroxylation sites is 1. The monoisotopic (exact) mass is 399 g/mol. The summed E-state index contributed by atoms with van der Waals surface area (Å²) in [4.78, 5) is 33.1. The Morgan fingerprint density at radius 3 is 2.46 bits per heavy atom. The van der Waals surface area contributed by atoms with E-state index in [1.165, 1.54) is 24.6 Å². The Morgan fingerprint density at radius 1 is 1.07 bits per heavy atom. The molecule has 1 saturated carbocycles. The van der Waals surface area contributed by atoms with Crippen molar-refractivity contribution in [3.8, 4) is 0 Å². The minimum Gasteiger partial charge on any atom is -0.342 e. The predicted molar refractivity (Wildman–Crippen MR) is 114 cm³/mol. The van der Waals surface area contributed by atoms with Crippen LogP contribution in [0, 0.1) is 0 Å². The van der Waals surface area contributed by atoms with E-state index in [0.29, 0.717) is 10.5 Å². The van der Waals surface area contributed by atoms with Gasteiger partial charge in [0.2, 0.25) is 5.91 Å². The van der Waals surface area contributed by atoms with Gasteiger partial charge in [-0.15, -0.1) is 0 Å². The van der Waals surface area contributed by atoms with E-state index in [0.717, 1.165) is 57.1 Å². The number of carbonyl (C=O) groups is 1. The van der Waals surface area contributed by atoms with Crippen molar-refractivity contribution in [3.05, 3.63) is 34.6 Å². The van der Waals surface area contributed by atoms with Crippen molar-refractivity contribution < 1.29 is 4.79 Å². The molecule has 2 aromatic rings. The van der Waals surface area contributed by atoms with E-state index in [2.05, 4.69) is 0 Å². The van der Waals surface area contributed by atoms with Crippen molar-refractivity contribution in [2.24, 2.45) is 0 Å². The van der Waals surface area contributed by atoms with Gasteiger partial charge in [0.1, 0.15) is 0 Å². The Kier molecular flexibility index (Phi) is 6.04. The lowest BCUT2D eigenvalue weighted by Gasteiger charge is -2.25. The quantitative estimate of drug-likeness (QED) is 0.565. The number of hydrogen-bond acceptors (Lipinski definition) is 4. The van der Waals surface area contributed by atoms with Crippen molar-refractivity contribution >= 4 is 28.6 Å². The zero-order chi connectivity index (χ0) is 19.5. The van der Waals surface area contributed by atoms with Crippen molar-refractivity contribution in [1.29, 1.82) is 0 Å². The molecule has 1 atom stereocenters. The summed E-state index contributed by atoms with van der Waals surface area (Å²) >= 11 is 1.46. The summed E-state index contributed by atoms with van der Waals surface area (Å²) in [7, 11) is 0. The molecule has 1 aromatic heterocycles. The molecule has 150 valence electrons. The number of fused-ring (bicyclic) bond motifs is 1. The molecule has 0 radical (unpaired) electrons. The number of carbonyl (C=O) groups excluding carboxylic acids is 1. The molecule has 1 amide bonds. The highest BCUT2D eigenvalue weighted by Crippen LogP contribution is 2.33. The smallest absolute Gasteiger partial charge is 0.262 e. The molecule has 4 rings (SSSR count). The second kappa shape index (κ2) is 8.68. The maximum Gasteiger partial charge on any atom is 0.262 e. The van der Waals surface area contributed by atoms with Gasteiger partial charge in [-0.1, -0.05) is 49.6 Å². The van der Waals surface area contributed by atoms with E-state index in [1.54, 1.807) is 0 Å². The van der Waals surface area contributed by atoms with Crippen LogP contribution >= 0.6 is 11.8 Å². The Labute approximate surface area is 170 Å². The number of benzene rings is 1. The lowest BCUT2D eigenvalue weighted by atomic mass is 10.2. The van der Waals surface area contributed by atoms with Gasteiger partial charge in [0.15, 0.2) is 5.16 Å². The summed E-state index contributed by atoms with van der Waals surface area (Å²) in [5.74, 6) is 0.173. The molecule has 5 nitrogen and oxygen atoms in total. The summed E-state index contributed by atoms with van der Waals surface area (Å²) in [6.45, 7) is 3.66. The van der Waals surface area contributed by atoms with Gasteiger partial charge >= 0.3 is 0 Å². The van der Waals surface area contributed by atoms with E-state index in [1.807, 2.05) is 40.7 Å². The van der Waals surface area contributed by atoms with Gasteiger partial charge in [-0.25, -0.2) is 4.98 Å². The average Bonchev–Trinajstić information content (AvgIpc) is 3.09. The lowest BCUT2D eigenvalue weighted by molar-refractivity contribution is -0.130. The average molecular weight is 400 g/mol. The van der Waals surface area contributed by atoms with Crippen molar-refractivity contribution in [2.75, 3.05) is 13.1 Å². The third-order valence-electron chi connectivity index (χ3n) is 6.01. The largest absolute Gasteiger partial charge is 0.342 e. The molecule has 28 heavy (non-hydrogen) atoms. The van der Waals surface area contributed by atoms with Gasteiger partial charge < -0.3 is 4.90 Å². The second-order valence-electron chi connectivity index (χ2n) is 8.02. The molecular formula is C22H29N3O2S. The molecule has 2 aliphatic rings. The molecule has 6 heteroatoms. The zero-order valence-electron chi connectivity index (χ0n) is 16.6. The van der Waals surface area contributed by atoms with Crippen molar-refractivity contribution in [2.45, 2.75) is 74.7 Å². The maximum absolute atomic E-state index is 13.2. The molecule has 0 spiro atoms. The number of nitrogens with zero attached hydrogens (tertiary/aromatic N) is 3. The Bertz CT molecular complexity index is 896. The first-order valence-electron chi connectivity index (χ1n) is 10.6. The summed E-state index contributed by atoms with van der Waals surface area (Å²) < 4.78 is 1.88. The van der Waals surface area contributed by atoms with Crippen molar-refractivity contribution in [3.63, 3.8) is 0 Å². The number of likely N-dealkylation sites (tertiary alicyclic amines) is 1. The Hall–Kier alpha value is -1.82. The van der Waals surface area contributed by atoms with E-state index in [-0.39, 0.29) is 22.8 Å². The molecule has 1 aromatic carbocycles.